The van der Waals surface area contributed by atoms with Crippen molar-refractivity contribution < 1.29 is 13.2 Å². The molecule has 6 nitrogen and oxygen atoms in total. The van der Waals surface area contributed by atoms with Crippen LogP contribution in [0.15, 0.2) is 23.4 Å². The van der Waals surface area contributed by atoms with Gasteiger partial charge in [0, 0.05) is 33.0 Å². The van der Waals surface area contributed by atoms with E-state index in [1.807, 2.05) is 6.92 Å². The summed E-state index contributed by atoms with van der Waals surface area (Å²) < 4.78 is 31.9. The monoisotopic (exact) mass is 287 g/mol. The van der Waals surface area contributed by atoms with Gasteiger partial charge in [-0.05, 0) is 25.0 Å². The third kappa shape index (κ3) is 5.14. The molecule has 0 aromatic carbocycles. The van der Waals surface area contributed by atoms with E-state index in [4.69, 9.17) is 4.74 Å². The van der Waals surface area contributed by atoms with Crippen LogP contribution < -0.4 is 10.0 Å². The number of ether oxygens (including phenoxy) is 1. The second kappa shape index (κ2) is 8.08. The number of nitrogens with one attached hydrogen (secondary N) is 2. The molecule has 0 bridgehead atoms. The molecule has 19 heavy (non-hydrogen) atoms. The van der Waals surface area contributed by atoms with Crippen LogP contribution >= 0.6 is 0 Å². The SMILES string of the molecule is CCCOCCCNS(=O)(=O)c1ncccc1NC. The summed E-state index contributed by atoms with van der Waals surface area (Å²) >= 11 is 0. The highest BCUT2D eigenvalue weighted by molar-refractivity contribution is 7.89. The van der Waals surface area contributed by atoms with Gasteiger partial charge in [0.2, 0.25) is 0 Å². The van der Waals surface area contributed by atoms with Gasteiger partial charge < -0.3 is 10.1 Å². The van der Waals surface area contributed by atoms with Crippen molar-refractivity contribution in [2.24, 2.45) is 0 Å². The van der Waals surface area contributed by atoms with E-state index in [-0.39, 0.29) is 5.03 Å². The Morgan fingerprint density at radius 2 is 2.16 bits per heavy atom. The number of hydrogen-bond acceptors (Lipinski definition) is 5. The first-order valence-electron chi connectivity index (χ1n) is 6.32. The molecule has 0 amide bonds. The molecule has 2 N–H and O–H groups in total. The third-order valence-corrected chi connectivity index (χ3v) is 3.82. The molecule has 0 saturated carbocycles. The van der Waals surface area contributed by atoms with Crippen molar-refractivity contribution in [1.29, 1.82) is 0 Å². The summed E-state index contributed by atoms with van der Waals surface area (Å²) in [6, 6.07) is 3.36. The summed E-state index contributed by atoms with van der Waals surface area (Å²) in [4.78, 5) is 3.91. The summed E-state index contributed by atoms with van der Waals surface area (Å²) in [5, 5.41) is 2.83. The molecule has 0 radical (unpaired) electrons. The maximum Gasteiger partial charge on any atom is 0.260 e. The molecular formula is C12H21N3O3S. The van der Waals surface area contributed by atoms with E-state index >= 15 is 0 Å². The third-order valence-electron chi connectivity index (χ3n) is 2.40. The largest absolute Gasteiger partial charge is 0.386 e. The van der Waals surface area contributed by atoms with E-state index in [0.29, 0.717) is 31.9 Å². The predicted octanol–water partition coefficient (Wildman–Crippen LogP) is 1.22. The maximum absolute atomic E-state index is 12.0. The van der Waals surface area contributed by atoms with E-state index in [1.54, 1.807) is 19.2 Å². The topological polar surface area (TPSA) is 80.3 Å². The van der Waals surface area contributed by atoms with Gasteiger partial charge in [-0.2, -0.15) is 0 Å². The van der Waals surface area contributed by atoms with Gasteiger partial charge in [-0.15, -0.1) is 0 Å². The highest BCUT2D eigenvalue weighted by atomic mass is 32.2. The predicted molar refractivity (Wildman–Crippen MR) is 74.7 cm³/mol. The minimum atomic E-state index is -3.57. The van der Waals surface area contributed by atoms with Crippen molar-refractivity contribution >= 4 is 15.7 Å². The first kappa shape index (κ1) is 15.9. The number of anilines is 1. The summed E-state index contributed by atoms with van der Waals surface area (Å²) in [7, 11) is -1.91. The zero-order valence-electron chi connectivity index (χ0n) is 11.3. The number of pyridine rings is 1. The van der Waals surface area contributed by atoms with Gasteiger partial charge in [0.05, 0.1) is 5.69 Å². The van der Waals surface area contributed by atoms with Crippen molar-refractivity contribution in [3.05, 3.63) is 18.3 Å². The summed E-state index contributed by atoms with van der Waals surface area (Å²) in [5.74, 6) is 0. The standard InChI is InChI=1S/C12H21N3O3S/c1-3-9-18-10-5-8-15-19(16,17)12-11(13-2)6-4-7-14-12/h4,6-7,13,15H,3,5,8-10H2,1-2H3. The number of aromatic nitrogens is 1. The van der Waals surface area contributed by atoms with Crippen LogP contribution in [-0.2, 0) is 14.8 Å². The Morgan fingerprint density at radius 3 is 2.84 bits per heavy atom. The Kier molecular flexibility index (Phi) is 6.75. The van der Waals surface area contributed by atoms with Gasteiger partial charge in [-0.3, -0.25) is 0 Å². The van der Waals surface area contributed by atoms with Crippen molar-refractivity contribution in [3.8, 4) is 0 Å². The molecule has 1 rings (SSSR count). The molecule has 0 aliphatic rings. The molecular weight excluding hydrogens is 266 g/mol. The molecule has 0 spiro atoms. The smallest absolute Gasteiger partial charge is 0.260 e. The van der Waals surface area contributed by atoms with Gasteiger partial charge in [0.25, 0.3) is 10.0 Å². The van der Waals surface area contributed by atoms with E-state index in [9.17, 15) is 8.42 Å². The van der Waals surface area contributed by atoms with Crippen molar-refractivity contribution in [2.75, 3.05) is 32.1 Å². The number of nitrogens with zero attached hydrogens (tertiary/aromatic N) is 1. The zero-order valence-corrected chi connectivity index (χ0v) is 12.2. The highest BCUT2D eigenvalue weighted by Crippen LogP contribution is 2.16. The zero-order chi connectivity index (χ0) is 14.1. The van der Waals surface area contributed by atoms with E-state index in [1.165, 1.54) is 6.20 Å². The minimum Gasteiger partial charge on any atom is -0.386 e. The fourth-order valence-corrected chi connectivity index (χ4v) is 2.70. The summed E-state index contributed by atoms with van der Waals surface area (Å²) in [6.07, 6.45) is 3.06. The van der Waals surface area contributed by atoms with Crippen LogP contribution in [0.25, 0.3) is 0 Å². The molecule has 0 aliphatic heterocycles. The van der Waals surface area contributed by atoms with Crippen LogP contribution in [0.5, 0.6) is 0 Å². The van der Waals surface area contributed by atoms with E-state index < -0.39 is 10.0 Å². The lowest BCUT2D eigenvalue weighted by Gasteiger charge is -2.09. The summed E-state index contributed by atoms with van der Waals surface area (Å²) in [5.41, 5.74) is 0.484. The van der Waals surface area contributed by atoms with Gasteiger partial charge in [-0.1, -0.05) is 6.92 Å². The average Bonchev–Trinajstić information content (AvgIpc) is 2.42. The average molecular weight is 287 g/mol. The molecule has 1 aromatic heterocycles. The lowest BCUT2D eigenvalue weighted by molar-refractivity contribution is 0.133. The van der Waals surface area contributed by atoms with Crippen LogP contribution in [0.3, 0.4) is 0 Å². The quantitative estimate of drug-likeness (QED) is 0.667. The second-order valence-electron chi connectivity index (χ2n) is 3.97. The number of rotatable bonds is 9. The van der Waals surface area contributed by atoms with Crippen LogP contribution in [0.1, 0.15) is 19.8 Å². The van der Waals surface area contributed by atoms with Crippen molar-refractivity contribution in [2.45, 2.75) is 24.8 Å². The van der Waals surface area contributed by atoms with E-state index in [2.05, 4.69) is 15.0 Å². The Hall–Kier alpha value is -1.18. The van der Waals surface area contributed by atoms with Crippen molar-refractivity contribution in [3.63, 3.8) is 0 Å². The van der Waals surface area contributed by atoms with Gasteiger partial charge in [-0.25, -0.2) is 18.1 Å². The Labute approximate surface area is 114 Å². The van der Waals surface area contributed by atoms with E-state index in [0.717, 1.165) is 6.42 Å². The van der Waals surface area contributed by atoms with Crippen LogP contribution in [0.2, 0.25) is 0 Å². The number of hydrogen-bond donors (Lipinski definition) is 2. The fourth-order valence-electron chi connectivity index (χ4n) is 1.49. The van der Waals surface area contributed by atoms with Gasteiger partial charge in [0.1, 0.15) is 0 Å². The Bertz CT molecular complexity index is 477. The normalized spacial score (nSPS) is 11.5. The maximum atomic E-state index is 12.0. The fraction of sp³-hybridized carbons (Fsp3) is 0.583. The molecule has 1 heterocycles. The molecule has 0 aliphatic carbocycles. The Balaban J connectivity index is 2.52. The molecule has 108 valence electrons. The van der Waals surface area contributed by atoms with Gasteiger partial charge in [0.15, 0.2) is 5.03 Å². The molecule has 0 fully saturated rings. The van der Waals surface area contributed by atoms with Crippen LogP contribution in [0.4, 0.5) is 5.69 Å². The Morgan fingerprint density at radius 1 is 1.37 bits per heavy atom. The minimum absolute atomic E-state index is 0.0203. The molecule has 7 heteroatoms. The first-order chi connectivity index (χ1) is 9.11. The lowest BCUT2D eigenvalue weighted by Crippen LogP contribution is -2.27. The second-order valence-corrected chi connectivity index (χ2v) is 5.65. The van der Waals surface area contributed by atoms with Crippen LogP contribution in [-0.4, -0.2) is 40.2 Å². The first-order valence-corrected chi connectivity index (χ1v) is 7.80. The van der Waals surface area contributed by atoms with Crippen molar-refractivity contribution in [1.82, 2.24) is 9.71 Å². The molecule has 0 unspecified atom stereocenters. The lowest BCUT2D eigenvalue weighted by atomic mass is 10.4. The van der Waals surface area contributed by atoms with Gasteiger partial charge >= 0.3 is 0 Å². The number of sulfonamides is 1. The molecule has 0 saturated heterocycles. The highest BCUT2D eigenvalue weighted by Gasteiger charge is 2.18. The molecule has 1 aromatic rings. The van der Waals surface area contributed by atoms with Crippen LogP contribution in [0, 0.1) is 0 Å². The summed E-state index contributed by atoms with van der Waals surface area (Å²) in [6.45, 7) is 3.63. The molecule has 0 atom stereocenters.